The van der Waals surface area contributed by atoms with Crippen LogP contribution in [0.5, 0.6) is 0 Å². The predicted octanol–water partition coefficient (Wildman–Crippen LogP) is 1.99. The lowest BCUT2D eigenvalue weighted by molar-refractivity contribution is -0.0629. The van der Waals surface area contributed by atoms with E-state index in [1.54, 1.807) is 11.5 Å². The summed E-state index contributed by atoms with van der Waals surface area (Å²) in [5, 5.41) is 0. The fourth-order valence-electron chi connectivity index (χ4n) is 5.61. The number of hydrogen-bond donors (Lipinski definition) is 2. The number of alkyl halides is 1. The minimum Gasteiger partial charge on any atom is -0.382 e. The first kappa shape index (κ1) is 30.5. The normalized spacial score (nSPS) is 37.7. The van der Waals surface area contributed by atoms with Gasteiger partial charge in [-0.05, 0) is 0 Å². The molecule has 4 aromatic rings. The van der Waals surface area contributed by atoms with Crippen LogP contribution in [0.4, 0.5) is 16.0 Å². The molecule has 7 heterocycles. The zero-order valence-corrected chi connectivity index (χ0v) is 25.8. The highest BCUT2D eigenvalue weighted by Gasteiger charge is 2.54. The molecular weight excluding hydrogens is 641 g/mol. The molecule has 22 heteroatoms. The highest BCUT2D eigenvalue weighted by Crippen LogP contribution is 2.56. The third kappa shape index (κ3) is 5.29. The largest absolute Gasteiger partial charge is 0.475 e. The molecule has 7 rings (SSSR count). The van der Waals surface area contributed by atoms with Gasteiger partial charge in [0, 0.05) is 19.7 Å². The number of halogens is 1. The molecule has 0 aliphatic carbocycles. The van der Waals surface area contributed by atoms with Crippen molar-refractivity contribution in [2.24, 2.45) is 5.92 Å². The van der Waals surface area contributed by atoms with E-state index < -0.39 is 71.0 Å². The molecule has 45 heavy (non-hydrogen) atoms. The van der Waals surface area contributed by atoms with Crippen LogP contribution in [0.25, 0.3) is 22.3 Å². The van der Waals surface area contributed by atoms with Gasteiger partial charge < -0.3 is 30.0 Å². The number of phosphoric ester groups is 1. The Kier molecular flexibility index (Phi) is 7.62. The monoisotopic (exact) mass is 670 g/mol. The number of phosphoric acid groups is 1. The van der Waals surface area contributed by atoms with Crippen molar-refractivity contribution in [3.05, 3.63) is 25.3 Å². The van der Waals surface area contributed by atoms with Gasteiger partial charge in [-0.3, -0.25) is 27.3 Å². The Hall–Kier alpha value is -3.19. The van der Waals surface area contributed by atoms with Crippen molar-refractivity contribution in [1.29, 1.82) is 0 Å². The summed E-state index contributed by atoms with van der Waals surface area (Å²) in [7, 11) is -7.24. The first-order valence-corrected chi connectivity index (χ1v) is 17.1. The number of rotatable bonds is 3. The molecule has 3 aliphatic heterocycles. The van der Waals surface area contributed by atoms with Crippen LogP contribution in [-0.4, -0.2) is 96.6 Å². The second-order valence-electron chi connectivity index (χ2n) is 10.7. The summed E-state index contributed by atoms with van der Waals surface area (Å²) in [5.41, 5.74) is 12.9. The third-order valence-corrected chi connectivity index (χ3v) is 10.6. The number of aromatic nitrogens is 8. The zero-order chi connectivity index (χ0) is 31.7. The van der Waals surface area contributed by atoms with Gasteiger partial charge in [0.2, 0.25) is 0 Å². The van der Waals surface area contributed by atoms with Crippen LogP contribution in [-0.2, 0) is 41.2 Å². The van der Waals surface area contributed by atoms with E-state index in [1.165, 1.54) is 36.5 Å². The van der Waals surface area contributed by atoms with E-state index >= 15 is 4.39 Å². The standard InChI is InChI=1S/C23H29FN10O9P2/c1-10-11-4-39-45(36,37-2)43-17-12(41-22(13(17)24)33-8-31-14-18(25)27-6-29-20(14)33)5-38-44(3,35)42-16(10)23(40-11)34-9-32-15-19(26)28-7-30-21(15)34/h6-13,16-17,22-23H,4-5H2,1-3H3,(H2,25,27,29)(H2,26,28,30)/t10?,11-,12-,13?,16?,17?,22?,23?,44?,45?/m1/s1. The van der Waals surface area contributed by atoms with Crippen molar-refractivity contribution < 1.29 is 45.6 Å². The SMILES string of the molecule is COP1(=O)OC[C@H]2OC(n3cnc4c(N)ncnc43)C(OP(C)(=O)OC[C@H]3OC(n4cnc5c(N)ncnc54)C(F)C3O1)C2C. The van der Waals surface area contributed by atoms with Crippen LogP contribution in [0.15, 0.2) is 25.3 Å². The summed E-state index contributed by atoms with van der Waals surface area (Å²) >= 11 is 0. The van der Waals surface area contributed by atoms with Gasteiger partial charge in [0.25, 0.3) is 0 Å². The summed E-state index contributed by atoms with van der Waals surface area (Å²) in [6.07, 6.45) is -3.63. The van der Waals surface area contributed by atoms with Crippen LogP contribution in [0.2, 0.25) is 0 Å². The zero-order valence-electron chi connectivity index (χ0n) is 24.0. The Balaban J connectivity index is 1.22. The molecule has 10 atom stereocenters. The van der Waals surface area contributed by atoms with Crippen LogP contribution < -0.4 is 11.5 Å². The van der Waals surface area contributed by atoms with E-state index in [9.17, 15) is 9.13 Å². The molecule has 19 nitrogen and oxygen atoms in total. The molecule has 0 aromatic carbocycles. The average Bonchev–Trinajstić information content (AvgIpc) is 3.77. The van der Waals surface area contributed by atoms with E-state index in [2.05, 4.69) is 29.9 Å². The molecule has 4 aromatic heterocycles. The fraction of sp³-hybridized carbons (Fsp3) is 0.565. The Bertz CT molecular complexity index is 1850. The number of nitrogens with two attached hydrogens (primary N) is 2. The van der Waals surface area contributed by atoms with Gasteiger partial charge in [0.05, 0.1) is 32.0 Å². The van der Waals surface area contributed by atoms with Gasteiger partial charge >= 0.3 is 15.4 Å². The molecule has 4 N–H and O–H groups in total. The van der Waals surface area contributed by atoms with Crippen LogP contribution in [0.1, 0.15) is 19.4 Å². The number of fused-ring (bicyclic) bond motifs is 5. The molecule has 0 spiro atoms. The van der Waals surface area contributed by atoms with E-state index in [4.69, 9.17) is 43.6 Å². The van der Waals surface area contributed by atoms with Crippen molar-refractivity contribution in [2.45, 2.75) is 50.0 Å². The first-order chi connectivity index (χ1) is 21.5. The van der Waals surface area contributed by atoms with E-state index in [0.717, 1.165) is 7.11 Å². The topological polar surface area (TPSA) is 238 Å². The summed E-state index contributed by atoms with van der Waals surface area (Å²) in [5.74, 6) is -0.269. The van der Waals surface area contributed by atoms with Gasteiger partial charge in [0.1, 0.15) is 42.0 Å². The second-order valence-corrected chi connectivity index (χ2v) is 14.5. The van der Waals surface area contributed by atoms with Gasteiger partial charge in [-0.2, -0.15) is 0 Å². The molecule has 3 fully saturated rings. The van der Waals surface area contributed by atoms with Gasteiger partial charge in [-0.25, -0.2) is 38.9 Å². The maximum atomic E-state index is 16.2. The van der Waals surface area contributed by atoms with E-state index in [1.807, 2.05) is 0 Å². The molecule has 3 saturated heterocycles. The highest BCUT2D eigenvalue weighted by atomic mass is 31.2. The van der Waals surface area contributed by atoms with Crippen molar-refractivity contribution in [3.8, 4) is 0 Å². The van der Waals surface area contributed by atoms with Crippen LogP contribution in [0.3, 0.4) is 0 Å². The number of imidazole rings is 2. The number of hydrogen-bond acceptors (Lipinski definition) is 17. The molecule has 3 aliphatic rings. The summed E-state index contributed by atoms with van der Waals surface area (Å²) in [4.78, 5) is 24.7. The van der Waals surface area contributed by atoms with Crippen LogP contribution >= 0.6 is 15.4 Å². The lowest BCUT2D eigenvalue weighted by Crippen LogP contribution is -2.34. The van der Waals surface area contributed by atoms with Gasteiger partial charge in [-0.1, -0.05) is 6.92 Å². The molecule has 0 saturated carbocycles. The molecule has 242 valence electrons. The Morgan fingerprint density at radius 3 is 2.04 bits per heavy atom. The quantitative estimate of drug-likeness (QED) is 0.296. The fourth-order valence-corrected chi connectivity index (χ4v) is 7.95. The van der Waals surface area contributed by atoms with E-state index in [-0.39, 0.29) is 29.4 Å². The van der Waals surface area contributed by atoms with Crippen LogP contribution in [0, 0.1) is 5.92 Å². The number of nitrogens with zero attached hydrogens (tertiary/aromatic N) is 8. The average molecular weight is 670 g/mol. The summed E-state index contributed by atoms with van der Waals surface area (Å²) < 4.78 is 87.1. The lowest BCUT2D eigenvalue weighted by Gasteiger charge is -2.27. The Morgan fingerprint density at radius 2 is 1.42 bits per heavy atom. The van der Waals surface area contributed by atoms with Gasteiger partial charge in [0.15, 0.2) is 41.6 Å². The maximum Gasteiger partial charge on any atom is 0.475 e. The van der Waals surface area contributed by atoms with E-state index in [0.29, 0.717) is 11.2 Å². The molecule has 8 unspecified atom stereocenters. The van der Waals surface area contributed by atoms with Crippen molar-refractivity contribution in [1.82, 2.24) is 39.0 Å². The third-order valence-electron chi connectivity index (χ3n) is 7.95. The Morgan fingerprint density at radius 1 is 0.844 bits per heavy atom. The minimum atomic E-state index is -4.44. The summed E-state index contributed by atoms with van der Waals surface area (Å²) in [6.45, 7) is 2.22. The lowest BCUT2D eigenvalue weighted by atomic mass is 10.0. The minimum absolute atomic E-state index is 0.0830. The molecular formula is C23H29FN10O9P2. The van der Waals surface area contributed by atoms with Crippen molar-refractivity contribution in [2.75, 3.05) is 38.5 Å². The maximum absolute atomic E-state index is 16.2. The molecule has 2 bridgehead atoms. The Labute approximate surface area is 253 Å². The first-order valence-electron chi connectivity index (χ1n) is 13.7. The molecule has 0 radical (unpaired) electrons. The predicted molar refractivity (Wildman–Crippen MR) is 151 cm³/mol. The van der Waals surface area contributed by atoms with Gasteiger partial charge in [-0.15, -0.1) is 0 Å². The highest BCUT2D eigenvalue weighted by molar-refractivity contribution is 7.53. The molecule has 0 amide bonds. The number of ether oxygens (including phenoxy) is 2. The second kappa shape index (κ2) is 11.3. The number of nitrogen functional groups attached to an aromatic ring is 2. The van der Waals surface area contributed by atoms with Crippen molar-refractivity contribution in [3.63, 3.8) is 0 Å². The van der Waals surface area contributed by atoms with Crippen molar-refractivity contribution >= 4 is 49.4 Å². The summed E-state index contributed by atoms with van der Waals surface area (Å²) in [6, 6.07) is 0. The smallest absolute Gasteiger partial charge is 0.382 e. The number of anilines is 2.